The number of hydrogen-bond donors (Lipinski definition) is 2. The molecule has 0 atom stereocenters. The van der Waals surface area contributed by atoms with E-state index in [1.807, 2.05) is 13.8 Å². The molecular weight excluding hydrogens is 308 g/mol. The van der Waals surface area contributed by atoms with Crippen LogP contribution < -0.4 is 0 Å². The fourth-order valence-electron chi connectivity index (χ4n) is 1.85. The first-order valence-electron chi connectivity index (χ1n) is 7.49. The molecule has 0 heterocycles. The summed E-state index contributed by atoms with van der Waals surface area (Å²) in [6, 6.07) is 0. The van der Waals surface area contributed by atoms with Crippen molar-refractivity contribution in [3.8, 4) is 0 Å². The van der Waals surface area contributed by atoms with Crippen molar-refractivity contribution in [1.82, 2.24) is 0 Å². The Labute approximate surface area is 135 Å². The zero-order valence-electron chi connectivity index (χ0n) is 14.1. The largest absolute Gasteiger partial charge is 0.481 e. The van der Waals surface area contributed by atoms with Crippen LogP contribution in [0, 0.1) is 5.41 Å². The maximum atomic E-state index is 11.9. The minimum absolute atomic E-state index is 0.281. The highest BCUT2D eigenvalue weighted by Gasteiger charge is 2.46. The SMILES string of the molecule is CCCC(CC)(C(=O)OCC)C(=O)OCC.O=C(O)CC(=O)O. The molecule has 0 aliphatic heterocycles. The Balaban J connectivity index is 0. The van der Waals surface area contributed by atoms with Crippen LogP contribution in [-0.4, -0.2) is 47.3 Å². The first kappa shape index (κ1) is 23.2. The van der Waals surface area contributed by atoms with E-state index in [4.69, 9.17) is 19.7 Å². The van der Waals surface area contributed by atoms with Gasteiger partial charge in [0.05, 0.1) is 13.2 Å². The Morgan fingerprint density at radius 1 is 0.826 bits per heavy atom. The van der Waals surface area contributed by atoms with Gasteiger partial charge in [0, 0.05) is 0 Å². The van der Waals surface area contributed by atoms with E-state index in [1.54, 1.807) is 13.8 Å². The minimum Gasteiger partial charge on any atom is -0.481 e. The fourth-order valence-corrected chi connectivity index (χ4v) is 1.85. The molecule has 23 heavy (non-hydrogen) atoms. The maximum Gasteiger partial charge on any atom is 0.323 e. The van der Waals surface area contributed by atoms with Crippen molar-refractivity contribution in [2.45, 2.75) is 53.4 Å². The van der Waals surface area contributed by atoms with Crippen molar-refractivity contribution in [2.75, 3.05) is 13.2 Å². The quantitative estimate of drug-likeness (QED) is 0.483. The summed E-state index contributed by atoms with van der Waals surface area (Å²) in [5.74, 6) is -3.55. The van der Waals surface area contributed by atoms with E-state index in [9.17, 15) is 19.2 Å². The molecule has 0 saturated heterocycles. The molecule has 0 aliphatic rings. The standard InChI is InChI=1S/C12H22O4.C3H4O4/c1-5-9-12(6-2,10(13)15-7-3)11(14)16-8-4;4-2(5)1-3(6)7/h5-9H2,1-4H3;1H2,(H,4,5)(H,6,7). The summed E-state index contributed by atoms with van der Waals surface area (Å²) >= 11 is 0. The minimum atomic E-state index is -1.31. The van der Waals surface area contributed by atoms with Gasteiger partial charge in [0.15, 0.2) is 5.41 Å². The Bertz CT molecular complexity index is 372. The van der Waals surface area contributed by atoms with Gasteiger partial charge in [-0.25, -0.2) is 0 Å². The summed E-state index contributed by atoms with van der Waals surface area (Å²) in [7, 11) is 0. The lowest BCUT2D eigenvalue weighted by atomic mass is 9.81. The van der Waals surface area contributed by atoms with E-state index in [2.05, 4.69) is 0 Å². The topological polar surface area (TPSA) is 127 Å². The first-order chi connectivity index (χ1) is 10.7. The molecule has 0 unspecified atom stereocenters. The molecule has 0 spiro atoms. The lowest BCUT2D eigenvalue weighted by molar-refractivity contribution is -0.173. The zero-order chi connectivity index (χ0) is 18.5. The second-order valence-corrected chi connectivity index (χ2v) is 4.59. The number of esters is 2. The Morgan fingerprint density at radius 3 is 1.39 bits per heavy atom. The van der Waals surface area contributed by atoms with Crippen molar-refractivity contribution in [3.05, 3.63) is 0 Å². The molecule has 8 heteroatoms. The van der Waals surface area contributed by atoms with Gasteiger partial charge in [-0.05, 0) is 26.7 Å². The molecule has 0 amide bonds. The van der Waals surface area contributed by atoms with Crippen LogP contribution in [0.3, 0.4) is 0 Å². The van der Waals surface area contributed by atoms with Gasteiger partial charge in [-0.2, -0.15) is 0 Å². The molecule has 134 valence electrons. The molecule has 0 aliphatic carbocycles. The number of carbonyl (C=O) groups is 4. The van der Waals surface area contributed by atoms with Gasteiger partial charge < -0.3 is 19.7 Å². The Hall–Kier alpha value is -2.12. The summed E-state index contributed by atoms with van der Waals surface area (Å²) in [4.78, 5) is 42.6. The van der Waals surface area contributed by atoms with Crippen LogP contribution in [-0.2, 0) is 28.7 Å². The molecule has 0 bridgehead atoms. The van der Waals surface area contributed by atoms with Crippen molar-refractivity contribution < 1.29 is 38.9 Å². The predicted molar refractivity (Wildman–Crippen MR) is 80.8 cm³/mol. The highest BCUT2D eigenvalue weighted by atomic mass is 16.6. The molecule has 0 aromatic rings. The maximum absolute atomic E-state index is 11.9. The van der Waals surface area contributed by atoms with Crippen LogP contribution in [0.25, 0.3) is 0 Å². The monoisotopic (exact) mass is 334 g/mol. The van der Waals surface area contributed by atoms with Crippen LogP contribution in [0.1, 0.15) is 53.4 Å². The zero-order valence-corrected chi connectivity index (χ0v) is 14.1. The predicted octanol–water partition coefficient (Wildman–Crippen LogP) is 1.85. The second-order valence-electron chi connectivity index (χ2n) is 4.59. The van der Waals surface area contributed by atoms with Crippen molar-refractivity contribution in [1.29, 1.82) is 0 Å². The summed E-state index contributed by atoms with van der Waals surface area (Å²) in [5.41, 5.74) is -1.11. The van der Waals surface area contributed by atoms with Crippen LogP contribution in [0.5, 0.6) is 0 Å². The van der Waals surface area contributed by atoms with E-state index in [0.717, 1.165) is 6.42 Å². The summed E-state index contributed by atoms with van der Waals surface area (Å²) in [6.07, 6.45) is 0.825. The highest BCUT2D eigenvalue weighted by molar-refractivity contribution is 6.00. The van der Waals surface area contributed by atoms with E-state index in [-0.39, 0.29) is 13.2 Å². The smallest absolute Gasteiger partial charge is 0.323 e. The van der Waals surface area contributed by atoms with Gasteiger partial charge in [-0.1, -0.05) is 20.3 Å². The van der Waals surface area contributed by atoms with Gasteiger partial charge in [0.2, 0.25) is 0 Å². The summed E-state index contributed by atoms with van der Waals surface area (Å²) < 4.78 is 9.96. The highest BCUT2D eigenvalue weighted by Crippen LogP contribution is 2.31. The normalized spacial score (nSPS) is 10.1. The molecule has 0 radical (unpaired) electrons. The van der Waals surface area contributed by atoms with Crippen molar-refractivity contribution >= 4 is 23.9 Å². The van der Waals surface area contributed by atoms with Crippen molar-refractivity contribution in [3.63, 3.8) is 0 Å². The lowest BCUT2D eigenvalue weighted by Crippen LogP contribution is -2.41. The van der Waals surface area contributed by atoms with Gasteiger partial charge >= 0.3 is 23.9 Å². The van der Waals surface area contributed by atoms with Gasteiger partial charge in [0.25, 0.3) is 0 Å². The molecule has 0 aromatic heterocycles. The van der Waals surface area contributed by atoms with E-state index < -0.39 is 35.7 Å². The number of hydrogen-bond acceptors (Lipinski definition) is 6. The number of carboxylic acid groups (broad SMARTS) is 2. The lowest BCUT2D eigenvalue weighted by Gasteiger charge is -2.27. The van der Waals surface area contributed by atoms with Crippen LogP contribution >= 0.6 is 0 Å². The fraction of sp³-hybridized carbons (Fsp3) is 0.733. The molecule has 8 nitrogen and oxygen atoms in total. The average molecular weight is 334 g/mol. The van der Waals surface area contributed by atoms with E-state index in [1.165, 1.54) is 0 Å². The summed E-state index contributed by atoms with van der Waals surface area (Å²) in [5, 5.41) is 15.4. The molecule has 0 rings (SSSR count). The average Bonchev–Trinajstić information content (AvgIpc) is 2.44. The van der Waals surface area contributed by atoms with Crippen LogP contribution in [0.2, 0.25) is 0 Å². The molecule has 0 saturated carbocycles. The molecule has 2 N–H and O–H groups in total. The molecule has 0 aromatic carbocycles. The number of ether oxygens (including phenoxy) is 2. The number of rotatable bonds is 9. The third-order valence-corrected chi connectivity index (χ3v) is 2.92. The molecule has 0 fully saturated rings. The van der Waals surface area contributed by atoms with E-state index >= 15 is 0 Å². The number of aliphatic carboxylic acids is 2. The third-order valence-electron chi connectivity index (χ3n) is 2.92. The number of carbonyl (C=O) groups excluding carboxylic acids is 2. The van der Waals surface area contributed by atoms with Gasteiger partial charge in [0.1, 0.15) is 6.42 Å². The Morgan fingerprint density at radius 2 is 1.22 bits per heavy atom. The van der Waals surface area contributed by atoms with Crippen molar-refractivity contribution in [2.24, 2.45) is 5.41 Å². The first-order valence-corrected chi connectivity index (χ1v) is 7.49. The Kier molecular flexibility index (Phi) is 12.5. The molecular formula is C15H26O8. The van der Waals surface area contributed by atoms with Gasteiger partial charge in [-0.3, -0.25) is 19.2 Å². The van der Waals surface area contributed by atoms with Crippen LogP contribution in [0.4, 0.5) is 0 Å². The van der Waals surface area contributed by atoms with Gasteiger partial charge in [-0.15, -0.1) is 0 Å². The number of carboxylic acids is 2. The van der Waals surface area contributed by atoms with E-state index in [0.29, 0.717) is 12.8 Å². The summed E-state index contributed by atoms with van der Waals surface area (Å²) in [6.45, 7) is 7.77. The second kappa shape index (κ2) is 12.4. The van der Waals surface area contributed by atoms with Crippen LogP contribution in [0.15, 0.2) is 0 Å². The third kappa shape index (κ3) is 8.80.